The number of carbonyl (C=O) groups excluding carboxylic acids is 2. The van der Waals surface area contributed by atoms with E-state index >= 15 is 0 Å². The molecule has 0 saturated heterocycles. The lowest BCUT2D eigenvalue weighted by Gasteiger charge is -2.15. The molecule has 0 radical (unpaired) electrons. The van der Waals surface area contributed by atoms with Gasteiger partial charge in [0, 0.05) is 25.4 Å². The number of benzene rings is 3. The zero-order valence-corrected chi connectivity index (χ0v) is 14.9. The first-order chi connectivity index (χ1) is 11.1. The minimum atomic E-state index is -0.0379. The molecule has 23 heavy (non-hydrogen) atoms. The quantitative estimate of drug-likeness (QED) is 0.478. The van der Waals surface area contributed by atoms with Crippen LogP contribution < -0.4 is 0 Å². The average molecular weight is 401 g/mol. The Morgan fingerprint density at radius 1 is 0.696 bits per heavy atom. The van der Waals surface area contributed by atoms with Gasteiger partial charge in [-0.1, -0.05) is 40.2 Å². The molecular formula is C18H9BrO2S2. The molecule has 4 rings (SSSR count). The molecule has 1 aliphatic heterocycles. The van der Waals surface area contributed by atoms with Crippen LogP contribution >= 0.6 is 39.5 Å². The normalized spacial score (nSPS) is 14.1. The molecule has 0 bridgehead atoms. The van der Waals surface area contributed by atoms with Gasteiger partial charge in [-0.2, -0.15) is 0 Å². The number of rotatable bonds is 0. The third-order valence-electron chi connectivity index (χ3n) is 3.64. The molecule has 5 heteroatoms. The highest BCUT2D eigenvalue weighted by atomic mass is 79.9. The monoisotopic (exact) mass is 400 g/mol. The maximum Gasteiger partial charge on any atom is 0.225 e. The van der Waals surface area contributed by atoms with Crippen molar-refractivity contribution < 1.29 is 9.59 Å². The van der Waals surface area contributed by atoms with E-state index in [2.05, 4.69) is 15.9 Å². The molecule has 1 heterocycles. The van der Waals surface area contributed by atoms with Crippen molar-refractivity contribution in [3.05, 3.63) is 70.2 Å². The van der Waals surface area contributed by atoms with Gasteiger partial charge in [-0.05, 0) is 64.6 Å². The van der Waals surface area contributed by atoms with Crippen molar-refractivity contribution in [2.45, 2.75) is 9.79 Å². The molecule has 0 aromatic heterocycles. The topological polar surface area (TPSA) is 34.1 Å². The average Bonchev–Trinajstić information content (AvgIpc) is 2.53. The number of halogens is 1. The predicted molar refractivity (Wildman–Crippen MR) is 98.5 cm³/mol. The summed E-state index contributed by atoms with van der Waals surface area (Å²) in [7, 11) is 0. The second-order valence-corrected chi connectivity index (χ2v) is 8.06. The highest BCUT2D eigenvalue weighted by Crippen LogP contribution is 2.40. The second-order valence-electron chi connectivity index (χ2n) is 5.12. The highest BCUT2D eigenvalue weighted by Gasteiger charge is 2.24. The van der Waals surface area contributed by atoms with Gasteiger partial charge in [-0.25, -0.2) is 0 Å². The molecule has 112 valence electrons. The molecule has 1 aliphatic rings. The Balaban J connectivity index is 1.91. The minimum Gasteiger partial charge on any atom is -0.281 e. The summed E-state index contributed by atoms with van der Waals surface area (Å²) in [5, 5.41) is 1.96. The summed E-state index contributed by atoms with van der Waals surface area (Å²) in [5.41, 5.74) is 1.17. The Labute approximate surface area is 149 Å². The van der Waals surface area contributed by atoms with E-state index in [1.807, 2.05) is 48.5 Å². The lowest BCUT2D eigenvalue weighted by atomic mass is 10.1. The fourth-order valence-corrected chi connectivity index (χ4v) is 5.03. The zero-order valence-electron chi connectivity index (χ0n) is 11.7. The molecule has 0 unspecified atom stereocenters. The van der Waals surface area contributed by atoms with Gasteiger partial charge in [-0.15, -0.1) is 0 Å². The molecule has 0 N–H and O–H groups in total. The largest absolute Gasteiger partial charge is 0.281 e. The summed E-state index contributed by atoms with van der Waals surface area (Å²) in [6.07, 6.45) is 0. The number of fused-ring (bicyclic) bond motifs is 3. The summed E-state index contributed by atoms with van der Waals surface area (Å²) >= 11 is 5.63. The maximum atomic E-state index is 12.7. The Kier molecular flexibility index (Phi) is 3.79. The summed E-state index contributed by atoms with van der Waals surface area (Å²) in [4.78, 5) is 26.7. The lowest BCUT2D eigenvalue weighted by molar-refractivity contribution is 0.108. The number of carbonyl (C=O) groups is 2. The van der Waals surface area contributed by atoms with E-state index in [1.54, 1.807) is 6.07 Å². The molecule has 3 aromatic carbocycles. The van der Waals surface area contributed by atoms with Gasteiger partial charge >= 0.3 is 0 Å². The lowest BCUT2D eigenvalue weighted by Crippen LogP contribution is -2.05. The molecule has 0 fully saturated rings. The van der Waals surface area contributed by atoms with Crippen LogP contribution in [0.4, 0.5) is 0 Å². The smallest absolute Gasteiger partial charge is 0.225 e. The van der Waals surface area contributed by atoms with Crippen molar-refractivity contribution in [2.24, 2.45) is 0 Å². The zero-order chi connectivity index (χ0) is 16.0. The van der Waals surface area contributed by atoms with Crippen LogP contribution in [0.5, 0.6) is 0 Å². The van der Waals surface area contributed by atoms with E-state index in [9.17, 15) is 9.59 Å². The molecule has 2 nitrogen and oxygen atoms in total. The third-order valence-corrected chi connectivity index (χ3v) is 6.06. The first-order valence-electron chi connectivity index (χ1n) is 6.88. The van der Waals surface area contributed by atoms with E-state index in [0.717, 1.165) is 43.7 Å². The molecule has 3 aromatic rings. The predicted octanol–water partition coefficient (Wildman–Crippen LogP) is 5.78. The number of hydrogen-bond donors (Lipinski definition) is 0. The first-order valence-corrected chi connectivity index (χ1v) is 9.31. The summed E-state index contributed by atoms with van der Waals surface area (Å²) < 4.78 is 0.855. The summed E-state index contributed by atoms with van der Waals surface area (Å²) in [6.45, 7) is 0. The van der Waals surface area contributed by atoms with Crippen LogP contribution in [0.15, 0.2) is 68.9 Å². The van der Waals surface area contributed by atoms with E-state index in [-0.39, 0.29) is 10.2 Å². The van der Waals surface area contributed by atoms with Gasteiger partial charge in [0.25, 0.3) is 0 Å². The SMILES string of the molecule is O=C1Sc2cc3ccccc3cc2C(=O)Sc2cc(Br)ccc21. The maximum absolute atomic E-state index is 12.7. The second kappa shape index (κ2) is 5.82. The fourth-order valence-electron chi connectivity index (χ4n) is 2.52. The summed E-state index contributed by atoms with van der Waals surface area (Å²) in [6, 6.07) is 17.1. The molecular weight excluding hydrogens is 392 g/mol. The van der Waals surface area contributed by atoms with Crippen LogP contribution in [0.3, 0.4) is 0 Å². The van der Waals surface area contributed by atoms with Crippen LogP contribution in [-0.4, -0.2) is 10.2 Å². The van der Waals surface area contributed by atoms with Crippen LogP contribution in [-0.2, 0) is 0 Å². The van der Waals surface area contributed by atoms with E-state index in [0.29, 0.717) is 16.0 Å². The van der Waals surface area contributed by atoms with Crippen LogP contribution in [0, 0.1) is 0 Å². The Hall–Kier alpha value is -1.56. The standard InChI is InChI=1S/C18H9BrO2S2/c19-12-5-6-13-16(9-12)23-18(21)14-7-10-3-1-2-4-11(10)8-15(14)22-17(13)20/h1-9H. The van der Waals surface area contributed by atoms with Crippen molar-refractivity contribution in [3.8, 4) is 0 Å². The van der Waals surface area contributed by atoms with Gasteiger partial charge < -0.3 is 0 Å². The van der Waals surface area contributed by atoms with Gasteiger partial charge in [-0.3, -0.25) is 9.59 Å². The van der Waals surface area contributed by atoms with Crippen molar-refractivity contribution in [2.75, 3.05) is 0 Å². The summed E-state index contributed by atoms with van der Waals surface area (Å²) in [5.74, 6) is 0. The van der Waals surface area contributed by atoms with Crippen LogP contribution in [0.2, 0.25) is 0 Å². The molecule has 0 atom stereocenters. The van der Waals surface area contributed by atoms with E-state index in [1.165, 1.54) is 0 Å². The minimum absolute atomic E-state index is 0.0369. The first kappa shape index (κ1) is 15.0. The molecule has 0 saturated carbocycles. The van der Waals surface area contributed by atoms with Gasteiger partial charge in [0.05, 0.1) is 0 Å². The Bertz CT molecular complexity index is 982. The highest BCUT2D eigenvalue weighted by molar-refractivity contribution is 9.10. The molecule has 0 amide bonds. The van der Waals surface area contributed by atoms with Crippen molar-refractivity contribution in [1.82, 2.24) is 0 Å². The van der Waals surface area contributed by atoms with E-state index in [4.69, 9.17) is 0 Å². The number of hydrogen-bond acceptors (Lipinski definition) is 4. The van der Waals surface area contributed by atoms with Gasteiger partial charge in [0.1, 0.15) is 0 Å². The van der Waals surface area contributed by atoms with Crippen molar-refractivity contribution in [3.63, 3.8) is 0 Å². The third kappa shape index (κ3) is 2.73. The van der Waals surface area contributed by atoms with Crippen molar-refractivity contribution >= 4 is 60.5 Å². The fraction of sp³-hybridized carbons (Fsp3) is 0. The van der Waals surface area contributed by atoms with E-state index < -0.39 is 0 Å². The number of thioether (sulfide) groups is 2. The van der Waals surface area contributed by atoms with Gasteiger partial charge in [0.2, 0.25) is 10.2 Å². The molecule has 0 aliphatic carbocycles. The molecule has 0 spiro atoms. The Morgan fingerprint density at radius 2 is 1.30 bits per heavy atom. The Morgan fingerprint density at radius 3 is 2.04 bits per heavy atom. The van der Waals surface area contributed by atoms with Crippen LogP contribution in [0.25, 0.3) is 10.8 Å². The van der Waals surface area contributed by atoms with Crippen molar-refractivity contribution in [1.29, 1.82) is 0 Å². The van der Waals surface area contributed by atoms with Gasteiger partial charge in [0.15, 0.2) is 0 Å². The van der Waals surface area contributed by atoms with Crippen LogP contribution in [0.1, 0.15) is 20.7 Å².